The lowest BCUT2D eigenvalue weighted by molar-refractivity contribution is -0.385. The van der Waals surface area contributed by atoms with Crippen LogP contribution in [0.25, 0.3) is 0 Å². The van der Waals surface area contributed by atoms with Crippen LogP contribution in [0.1, 0.15) is 21.6 Å². The fourth-order valence-electron chi connectivity index (χ4n) is 1.94. The molecule has 0 spiro atoms. The minimum Gasteiger partial charge on any atom is -0.306 e. The van der Waals surface area contributed by atoms with E-state index in [1.54, 1.807) is 13.0 Å². The summed E-state index contributed by atoms with van der Waals surface area (Å²) in [5.41, 5.74) is 0.768. The number of hydrogen-bond donors (Lipinski definition) is 1. The highest BCUT2D eigenvalue weighted by atomic mass is 19.1. The number of nitrogens with one attached hydrogen (secondary N) is 1. The molecule has 1 aromatic heterocycles. The molecule has 0 radical (unpaired) electrons. The predicted molar refractivity (Wildman–Crippen MR) is 74.7 cm³/mol. The Balaban J connectivity index is 2.36. The van der Waals surface area contributed by atoms with Gasteiger partial charge in [-0.05, 0) is 43.7 Å². The van der Waals surface area contributed by atoms with Gasteiger partial charge in [-0.2, -0.15) is 0 Å². The summed E-state index contributed by atoms with van der Waals surface area (Å²) < 4.78 is 13.2. The number of aromatic nitrogens is 1. The molecule has 6 nitrogen and oxygen atoms in total. The van der Waals surface area contributed by atoms with Gasteiger partial charge in [-0.3, -0.25) is 14.9 Å². The predicted octanol–water partition coefficient (Wildman–Crippen LogP) is 3.00. The SMILES string of the molecule is Cc1cc(C)nc(NC(=O)c2cc(F)ccc2[N+](=O)[O-])c1. The van der Waals surface area contributed by atoms with Crippen molar-refractivity contribution in [3.63, 3.8) is 0 Å². The van der Waals surface area contributed by atoms with Gasteiger partial charge in [0.25, 0.3) is 11.6 Å². The molecule has 0 aliphatic heterocycles. The average molecular weight is 289 g/mol. The molecule has 7 heteroatoms. The number of nitro groups is 1. The topological polar surface area (TPSA) is 85.1 Å². The van der Waals surface area contributed by atoms with Crippen LogP contribution in [0, 0.1) is 29.8 Å². The molecule has 0 bridgehead atoms. The molecule has 0 aliphatic carbocycles. The number of amides is 1. The Morgan fingerprint density at radius 2 is 2.00 bits per heavy atom. The summed E-state index contributed by atoms with van der Waals surface area (Å²) in [5, 5.41) is 13.3. The number of anilines is 1. The van der Waals surface area contributed by atoms with E-state index in [-0.39, 0.29) is 11.4 Å². The molecular formula is C14H12FN3O3. The maximum Gasteiger partial charge on any atom is 0.282 e. The lowest BCUT2D eigenvalue weighted by Crippen LogP contribution is -2.15. The van der Waals surface area contributed by atoms with Crippen LogP contribution in [0.3, 0.4) is 0 Å². The lowest BCUT2D eigenvalue weighted by Gasteiger charge is -2.07. The maximum atomic E-state index is 13.2. The third kappa shape index (κ3) is 3.38. The number of hydrogen-bond acceptors (Lipinski definition) is 4. The van der Waals surface area contributed by atoms with Gasteiger partial charge in [-0.15, -0.1) is 0 Å². The second-order valence-electron chi connectivity index (χ2n) is 4.54. The Hall–Kier alpha value is -2.83. The van der Waals surface area contributed by atoms with Crippen LogP contribution in [0.15, 0.2) is 30.3 Å². The van der Waals surface area contributed by atoms with Crippen LogP contribution in [-0.4, -0.2) is 15.8 Å². The van der Waals surface area contributed by atoms with Gasteiger partial charge in [-0.1, -0.05) is 0 Å². The third-order valence-corrected chi connectivity index (χ3v) is 2.74. The third-order valence-electron chi connectivity index (χ3n) is 2.74. The zero-order chi connectivity index (χ0) is 15.6. The van der Waals surface area contributed by atoms with Crippen molar-refractivity contribution in [2.24, 2.45) is 0 Å². The van der Waals surface area contributed by atoms with Crippen molar-refractivity contribution in [1.82, 2.24) is 4.98 Å². The monoisotopic (exact) mass is 289 g/mol. The highest BCUT2D eigenvalue weighted by Gasteiger charge is 2.21. The second-order valence-corrected chi connectivity index (χ2v) is 4.54. The van der Waals surface area contributed by atoms with Gasteiger partial charge in [0, 0.05) is 11.8 Å². The first-order valence-electron chi connectivity index (χ1n) is 6.07. The van der Waals surface area contributed by atoms with E-state index in [0.29, 0.717) is 5.69 Å². The van der Waals surface area contributed by atoms with Crippen LogP contribution in [0.4, 0.5) is 15.9 Å². The number of benzene rings is 1. The van der Waals surface area contributed by atoms with Gasteiger partial charge < -0.3 is 5.32 Å². The van der Waals surface area contributed by atoms with Crippen molar-refractivity contribution in [3.05, 3.63) is 63.1 Å². The normalized spacial score (nSPS) is 10.2. The summed E-state index contributed by atoms with van der Waals surface area (Å²) in [4.78, 5) is 26.3. The number of halogens is 1. The van der Waals surface area contributed by atoms with Crippen LogP contribution in [-0.2, 0) is 0 Å². The summed E-state index contributed by atoms with van der Waals surface area (Å²) in [7, 11) is 0. The molecule has 21 heavy (non-hydrogen) atoms. The maximum absolute atomic E-state index is 13.2. The Labute approximate surface area is 119 Å². The van der Waals surface area contributed by atoms with Crippen molar-refractivity contribution < 1.29 is 14.1 Å². The first kappa shape index (κ1) is 14.6. The molecule has 0 atom stereocenters. The lowest BCUT2D eigenvalue weighted by atomic mass is 10.1. The zero-order valence-corrected chi connectivity index (χ0v) is 11.4. The highest BCUT2D eigenvalue weighted by Crippen LogP contribution is 2.21. The fourth-order valence-corrected chi connectivity index (χ4v) is 1.94. The highest BCUT2D eigenvalue weighted by molar-refractivity contribution is 6.06. The number of rotatable bonds is 3. The molecular weight excluding hydrogens is 277 g/mol. The largest absolute Gasteiger partial charge is 0.306 e. The Morgan fingerprint density at radius 3 is 2.62 bits per heavy atom. The number of pyridine rings is 1. The van der Waals surface area contributed by atoms with Gasteiger partial charge in [0.15, 0.2) is 0 Å². The van der Waals surface area contributed by atoms with E-state index < -0.39 is 22.3 Å². The minimum atomic E-state index is -0.779. The molecule has 2 rings (SSSR count). The number of carbonyl (C=O) groups is 1. The summed E-state index contributed by atoms with van der Waals surface area (Å²) in [6.07, 6.45) is 0. The van der Waals surface area contributed by atoms with E-state index in [1.807, 2.05) is 13.0 Å². The van der Waals surface area contributed by atoms with Crippen molar-refractivity contribution in [1.29, 1.82) is 0 Å². The van der Waals surface area contributed by atoms with Crippen molar-refractivity contribution >= 4 is 17.4 Å². The zero-order valence-electron chi connectivity index (χ0n) is 11.4. The molecule has 1 heterocycles. The Bertz CT molecular complexity index is 711. The Kier molecular flexibility index (Phi) is 3.93. The summed E-state index contributed by atoms with van der Waals surface area (Å²) >= 11 is 0. The fraction of sp³-hybridized carbons (Fsp3) is 0.143. The molecule has 1 amide bonds. The minimum absolute atomic E-state index is 0.260. The number of aryl methyl sites for hydroxylation is 2. The van der Waals surface area contributed by atoms with Gasteiger partial charge in [0.2, 0.25) is 0 Å². The molecule has 0 saturated carbocycles. The smallest absolute Gasteiger partial charge is 0.282 e. The summed E-state index contributed by atoms with van der Waals surface area (Å²) in [5.74, 6) is -1.24. The molecule has 0 fully saturated rings. The summed E-state index contributed by atoms with van der Waals surface area (Å²) in [6, 6.07) is 6.16. The van der Waals surface area contributed by atoms with Crippen molar-refractivity contribution in [2.45, 2.75) is 13.8 Å². The van der Waals surface area contributed by atoms with Gasteiger partial charge in [0.1, 0.15) is 17.2 Å². The first-order chi connectivity index (χ1) is 9.86. The van der Waals surface area contributed by atoms with Gasteiger partial charge in [-0.25, -0.2) is 9.37 Å². The molecule has 0 aliphatic rings. The molecule has 0 unspecified atom stereocenters. The van der Waals surface area contributed by atoms with E-state index >= 15 is 0 Å². The quantitative estimate of drug-likeness (QED) is 0.695. The standard InChI is InChI=1S/C14H12FN3O3/c1-8-5-9(2)16-13(6-8)17-14(19)11-7-10(15)3-4-12(11)18(20)21/h3-7H,1-2H3,(H,16,17,19). The number of nitro benzene ring substituents is 1. The molecule has 108 valence electrons. The number of nitrogens with zero attached hydrogens (tertiary/aromatic N) is 2. The van der Waals surface area contributed by atoms with E-state index in [4.69, 9.17) is 0 Å². The van der Waals surface area contributed by atoms with Crippen molar-refractivity contribution in [3.8, 4) is 0 Å². The average Bonchev–Trinajstić information content (AvgIpc) is 2.36. The number of carbonyl (C=O) groups excluding carboxylic acids is 1. The van der Waals surface area contributed by atoms with Crippen LogP contribution < -0.4 is 5.32 Å². The van der Waals surface area contributed by atoms with Crippen molar-refractivity contribution in [2.75, 3.05) is 5.32 Å². The molecule has 1 N–H and O–H groups in total. The van der Waals surface area contributed by atoms with E-state index in [2.05, 4.69) is 10.3 Å². The molecule has 1 aromatic carbocycles. The van der Waals surface area contributed by atoms with E-state index in [1.165, 1.54) is 0 Å². The second kappa shape index (κ2) is 5.66. The molecule has 2 aromatic rings. The van der Waals surface area contributed by atoms with E-state index in [0.717, 1.165) is 23.8 Å². The van der Waals surface area contributed by atoms with Crippen LogP contribution >= 0.6 is 0 Å². The van der Waals surface area contributed by atoms with Crippen LogP contribution in [0.5, 0.6) is 0 Å². The van der Waals surface area contributed by atoms with Gasteiger partial charge >= 0.3 is 0 Å². The van der Waals surface area contributed by atoms with Gasteiger partial charge in [0.05, 0.1) is 4.92 Å². The van der Waals surface area contributed by atoms with E-state index in [9.17, 15) is 19.3 Å². The van der Waals surface area contributed by atoms with Crippen LogP contribution in [0.2, 0.25) is 0 Å². The molecule has 0 saturated heterocycles. The summed E-state index contributed by atoms with van der Waals surface area (Å²) in [6.45, 7) is 3.59. The Morgan fingerprint density at radius 1 is 1.29 bits per heavy atom. The first-order valence-corrected chi connectivity index (χ1v) is 6.07.